The summed E-state index contributed by atoms with van der Waals surface area (Å²) in [6, 6.07) is 143. The molecule has 1 aromatic heterocycles. The summed E-state index contributed by atoms with van der Waals surface area (Å²) in [4.78, 5) is 4.99. The number of thiophene rings is 1. The van der Waals surface area contributed by atoms with Gasteiger partial charge in [-0.05, 0) is 215 Å². The van der Waals surface area contributed by atoms with Gasteiger partial charge in [0.2, 0.25) is 0 Å². The van der Waals surface area contributed by atoms with Crippen molar-refractivity contribution in [3.63, 3.8) is 0 Å². The summed E-state index contributed by atoms with van der Waals surface area (Å²) in [6.45, 7) is 4.46. The minimum Gasteiger partial charge on any atom is -0.310 e. The van der Waals surface area contributed by atoms with Crippen molar-refractivity contribution in [2.45, 2.75) is 30.1 Å². The number of rotatable bonds is 11. The zero-order valence-electron chi connectivity index (χ0n) is 57.6. The molecule has 4 aliphatic rings. The first-order valence-corrected chi connectivity index (χ1v) is 37.1. The number of nitrogens with zero attached hydrogens (tertiary/aromatic N) is 2. The molecule has 3 heteroatoms. The second-order valence-electron chi connectivity index (χ2n) is 28.7. The van der Waals surface area contributed by atoms with Gasteiger partial charge in [0.25, 0.3) is 0 Å². The van der Waals surface area contributed by atoms with Gasteiger partial charge in [-0.1, -0.05) is 308 Å². The highest BCUT2D eigenvalue weighted by Crippen LogP contribution is 2.65. The van der Waals surface area contributed by atoms with Crippen LogP contribution in [0, 0.1) is 13.8 Å². The molecule has 4 aliphatic carbocycles. The van der Waals surface area contributed by atoms with E-state index in [0.29, 0.717) is 0 Å². The van der Waals surface area contributed by atoms with E-state index in [4.69, 9.17) is 0 Å². The molecule has 0 radical (unpaired) electrons. The number of hydrogen-bond donors (Lipinski definition) is 0. The van der Waals surface area contributed by atoms with Gasteiger partial charge in [0, 0.05) is 54.3 Å². The molecule has 21 rings (SSSR count). The smallest absolute Gasteiger partial charge is 0.0725 e. The summed E-state index contributed by atoms with van der Waals surface area (Å²) in [5.41, 5.74) is 35.3. The third kappa shape index (κ3) is 8.56. The van der Waals surface area contributed by atoms with Crippen LogP contribution in [-0.2, 0) is 16.2 Å². The lowest BCUT2D eigenvalue weighted by Crippen LogP contribution is -2.29. The summed E-state index contributed by atoms with van der Waals surface area (Å²) in [6.07, 6.45) is 0. The molecule has 1 heterocycles. The van der Waals surface area contributed by atoms with E-state index in [1.807, 2.05) is 11.3 Å². The molecule has 16 aromatic carbocycles. The lowest BCUT2D eigenvalue weighted by Gasteiger charge is -2.36. The van der Waals surface area contributed by atoms with Crippen LogP contribution >= 0.6 is 11.3 Å². The Morgan fingerprint density at radius 1 is 0.202 bits per heavy atom. The van der Waals surface area contributed by atoms with Crippen LogP contribution in [0.15, 0.2) is 376 Å². The molecular formula is C101H68N2S. The number of aryl methyl sites for hydroxylation is 2. The molecule has 0 unspecified atom stereocenters. The normalized spacial score (nSPS) is 13.9. The minimum absolute atomic E-state index is 0.431. The fourth-order valence-electron chi connectivity index (χ4n) is 19.0. The van der Waals surface area contributed by atoms with Crippen LogP contribution in [-0.4, -0.2) is 0 Å². The molecule has 0 N–H and O–H groups in total. The number of anilines is 6. The predicted molar refractivity (Wildman–Crippen MR) is 435 cm³/mol. The highest BCUT2D eigenvalue weighted by molar-refractivity contribution is 7.25. The van der Waals surface area contributed by atoms with Crippen molar-refractivity contribution in [2.24, 2.45) is 0 Å². The first-order chi connectivity index (χ1) is 51.4. The standard InChI is InChI=1S/C101H68N2S/c1-65-39-53-82-84-55-49-76(62-95(84)99(93(82)59-65,69-23-7-3-8-24-69)70-25-9-4-10-26-70)103(77-50-56-85-83-54-40-66(2)60-94(83)100(96(85)63-77,71-27-11-5-12-28-71)72-29-13-6-14-30-72)74-47-43-68(44-48-74)67-41-45-73(46-42-67)102(78-51-57-87-86-34-18-22-38-97(86)104-98(87)64-78)75-52-58-92-88(61-75)81-33-17-21-37-91(81)101(92)89-35-19-15-31-79(89)80-32-16-20-36-90(80)101/h3-64H,1-2H3. The van der Waals surface area contributed by atoms with E-state index in [2.05, 4.69) is 400 Å². The molecule has 1 spiro atoms. The fourth-order valence-corrected chi connectivity index (χ4v) is 20.2. The maximum atomic E-state index is 2.52. The van der Waals surface area contributed by atoms with Gasteiger partial charge in [0.15, 0.2) is 0 Å². The SMILES string of the molecule is Cc1ccc2c(c1)C(c1ccccc1)(c1ccccc1)c1cc(N(c3ccc(-c4ccc(N(c5ccc6c(c5)-c5ccccc5C65c6ccccc6-c6ccccc65)c5ccc6c(c5)sc5ccccc56)cc4)cc3)c3ccc4c(c3)C(c3ccccc3)(c3ccccc3)c3cc(C)ccc3-4)ccc1-2. The average molecular weight is 1340 g/mol. The number of benzene rings is 16. The van der Waals surface area contributed by atoms with Gasteiger partial charge in [0.1, 0.15) is 0 Å². The summed E-state index contributed by atoms with van der Waals surface area (Å²) < 4.78 is 2.56. The van der Waals surface area contributed by atoms with Crippen LogP contribution < -0.4 is 9.80 Å². The van der Waals surface area contributed by atoms with E-state index in [9.17, 15) is 0 Å². The molecule has 0 fully saturated rings. The zero-order chi connectivity index (χ0) is 68.8. The van der Waals surface area contributed by atoms with Gasteiger partial charge in [-0.2, -0.15) is 0 Å². The first-order valence-electron chi connectivity index (χ1n) is 36.3. The highest BCUT2D eigenvalue weighted by atomic mass is 32.1. The van der Waals surface area contributed by atoms with Gasteiger partial charge < -0.3 is 9.80 Å². The average Bonchev–Trinajstić information content (AvgIpc) is 1.53. The Kier molecular flexibility index (Phi) is 13.4. The van der Waals surface area contributed by atoms with Crippen LogP contribution in [0.25, 0.3) is 75.8 Å². The van der Waals surface area contributed by atoms with Crippen molar-refractivity contribution < 1.29 is 0 Å². The first kappa shape index (κ1) is 60.1. The van der Waals surface area contributed by atoms with Crippen LogP contribution in [0.3, 0.4) is 0 Å². The van der Waals surface area contributed by atoms with E-state index in [1.54, 1.807) is 0 Å². The lowest BCUT2D eigenvalue weighted by atomic mass is 9.67. The maximum Gasteiger partial charge on any atom is 0.0725 e. The zero-order valence-corrected chi connectivity index (χ0v) is 58.4. The Morgan fingerprint density at radius 3 is 0.981 bits per heavy atom. The lowest BCUT2D eigenvalue weighted by molar-refractivity contribution is 0.766. The number of fused-ring (bicyclic) bond motifs is 19. The van der Waals surface area contributed by atoms with Crippen LogP contribution in [0.4, 0.5) is 34.1 Å². The molecular weight excluding hydrogens is 1270 g/mol. The second-order valence-corrected chi connectivity index (χ2v) is 29.8. The van der Waals surface area contributed by atoms with E-state index in [0.717, 1.165) is 45.3 Å². The molecule has 2 nitrogen and oxygen atoms in total. The Labute approximate surface area is 611 Å². The Bertz CT molecular complexity index is 6000. The van der Waals surface area contributed by atoms with Crippen molar-refractivity contribution in [3.8, 4) is 55.6 Å². The third-order valence-electron chi connectivity index (χ3n) is 23.3. The van der Waals surface area contributed by atoms with Crippen molar-refractivity contribution in [3.05, 3.63) is 454 Å². The topological polar surface area (TPSA) is 6.48 Å². The fraction of sp³-hybridized carbons (Fsp3) is 0.0495. The molecule has 488 valence electrons. The van der Waals surface area contributed by atoms with Crippen molar-refractivity contribution in [1.29, 1.82) is 0 Å². The summed E-state index contributed by atoms with van der Waals surface area (Å²) in [5.74, 6) is 0. The summed E-state index contributed by atoms with van der Waals surface area (Å²) in [7, 11) is 0. The Balaban J connectivity index is 0.723. The molecule has 17 aromatic rings. The van der Waals surface area contributed by atoms with Gasteiger partial charge in [-0.15, -0.1) is 11.3 Å². The molecule has 0 saturated carbocycles. The summed E-state index contributed by atoms with van der Waals surface area (Å²) >= 11 is 1.87. The quantitative estimate of drug-likeness (QED) is 0.127. The Morgan fingerprint density at radius 2 is 0.519 bits per heavy atom. The minimum atomic E-state index is -0.602. The van der Waals surface area contributed by atoms with Gasteiger partial charge in [-0.3, -0.25) is 0 Å². The number of hydrogen-bond acceptors (Lipinski definition) is 3. The second kappa shape index (κ2) is 23.2. The third-order valence-corrected chi connectivity index (χ3v) is 24.5. The molecule has 0 amide bonds. The largest absolute Gasteiger partial charge is 0.310 e. The maximum absolute atomic E-state index is 2.52. The van der Waals surface area contributed by atoms with E-state index in [1.165, 1.54) is 143 Å². The van der Waals surface area contributed by atoms with Gasteiger partial charge >= 0.3 is 0 Å². The van der Waals surface area contributed by atoms with Crippen LogP contribution in [0.2, 0.25) is 0 Å². The molecule has 0 bridgehead atoms. The summed E-state index contributed by atoms with van der Waals surface area (Å²) in [5, 5.41) is 2.58. The molecule has 104 heavy (non-hydrogen) atoms. The van der Waals surface area contributed by atoms with E-state index < -0.39 is 16.2 Å². The van der Waals surface area contributed by atoms with E-state index in [-0.39, 0.29) is 0 Å². The van der Waals surface area contributed by atoms with Crippen LogP contribution in [0.5, 0.6) is 0 Å². The van der Waals surface area contributed by atoms with Gasteiger partial charge in [-0.25, -0.2) is 0 Å². The van der Waals surface area contributed by atoms with E-state index >= 15 is 0 Å². The Hall–Kier alpha value is -12.7. The molecule has 0 atom stereocenters. The van der Waals surface area contributed by atoms with Crippen LogP contribution in [0.1, 0.15) is 77.9 Å². The molecule has 0 aliphatic heterocycles. The van der Waals surface area contributed by atoms with Gasteiger partial charge in [0.05, 0.1) is 16.2 Å². The highest BCUT2D eigenvalue weighted by Gasteiger charge is 2.53. The van der Waals surface area contributed by atoms with Crippen molar-refractivity contribution in [1.82, 2.24) is 0 Å². The molecule has 0 saturated heterocycles. The monoisotopic (exact) mass is 1340 g/mol. The predicted octanol–water partition coefficient (Wildman–Crippen LogP) is 26.3. The van der Waals surface area contributed by atoms with Crippen molar-refractivity contribution in [2.75, 3.05) is 9.80 Å². The van der Waals surface area contributed by atoms with Crippen molar-refractivity contribution >= 4 is 65.6 Å².